The molecule has 0 saturated heterocycles. The number of carbonyl (C=O) groups excluding carboxylic acids is 1. The van der Waals surface area contributed by atoms with Gasteiger partial charge in [-0.25, -0.2) is 4.98 Å². The molecule has 0 unspecified atom stereocenters. The molecule has 0 saturated carbocycles. The number of aromatic nitrogens is 1. The molecule has 1 aromatic heterocycles. The molecule has 1 amide bonds. The summed E-state index contributed by atoms with van der Waals surface area (Å²) < 4.78 is 0. The van der Waals surface area contributed by atoms with Crippen LogP contribution in [0.3, 0.4) is 0 Å². The van der Waals surface area contributed by atoms with Crippen LogP contribution in [0.5, 0.6) is 0 Å². The molecule has 12 heavy (non-hydrogen) atoms. The van der Waals surface area contributed by atoms with E-state index in [0.717, 1.165) is 5.56 Å². The molecule has 0 aliphatic heterocycles. The number of nitrogens with one attached hydrogen (secondary N) is 1. The van der Waals surface area contributed by atoms with Crippen molar-refractivity contribution in [2.75, 3.05) is 0 Å². The van der Waals surface area contributed by atoms with E-state index in [2.05, 4.69) is 10.3 Å². The quantitative estimate of drug-likeness (QED) is 0.601. The fourth-order valence-corrected chi connectivity index (χ4v) is 1.14. The molecule has 1 N–H and O–H groups in total. The molecule has 0 radical (unpaired) electrons. The predicted octanol–water partition coefficient (Wildman–Crippen LogP) is 1.63. The maximum Gasteiger partial charge on any atom is 0.207 e. The molecular weight excluding hydrogens is 199 g/mol. The smallest absolute Gasteiger partial charge is 0.207 e. The van der Waals surface area contributed by atoms with E-state index in [0.29, 0.717) is 23.3 Å². The van der Waals surface area contributed by atoms with Gasteiger partial charge in [-0.3, -0.25) is 4.79 Å². The Kier molecular flexibility index (Phi) is 3.31. The molecule has 0 atom stereocenters. The number of nitrogens with zero attached hydrogens (tertiary/aromatic N) is 1. The minimum Gasteiger partial charge on any atom is -0.354 e. The van der Waals surface area contributed by atoms with E-state index in [1.807, 2.05) is 0 Å². The highest BCUT2D eigenvalue weighted by Crippen LogP contribution is 2.15. The lowest BCUT2D eigenvalue weighted by Gasteiger charge is -2.01. The molecular formula is C7H6Cl2N2O. The minimum atomic E-state index is 0.317. The molecule has 1 rings (SSSR count). The molecule has 5 heteroatoms. The topological polar surface area (TPSA) is 42.0 Å². The van der Waals surface area contributed by atoms with Crippen LogP contribution in [-0.4, -0.2) is 11.4 Å². The summed E-state index contributed by atoms with van der Waals surface area (Å²) in [6.45, 7) is 0.368. The maximum absolute atomic E-state index is 9.96. The van der Waals surface area contributed by atoms with Gasteiger partial charge in [0, 0.05) is 12.1 Å². The summed E-state index contributed by atoms with van der Waals surface area (Å²) in [7, 11) is 0. The Bertz CT molecular complexity index is 291. The van der Waals surface area contributed by atoms with Crippen molar-refractivity contribution in [3.05, 3.63) is 28.0 Å². The summed E-state index contributed by atoms with van der Waals surface area (Å²) in [5.41, 5.74) is 0.744. The number of rotatable bonds is 3. The summed E-state index contributed by atoms with van der Waals surface area (Å²) in [4.78, 5) is 13.8. The van der Waals surface area contributed by atoms with Gasteiger partial charge in [-0.1, -0.05) is 29.3 Å². The van der Waals surface area contributed by atoms with Crippen LogP contribution in [0.2, 0.25) is 10.3 Å². The normalized spacial score (nSPS) is 9.50. The van der Waals surface area contributed by atoms with E-state index in [-0.39, 0.29) is 0 Å². The van der Waals surface area contributed by atoms with Gasteiger partial charge in [0.2, 0.25) is 6.41 Å². The number of halogens is 2. The van der Waals surface area contributed by atoms with Gasteiger partial charge in [0.15, 0.2) is 0 Å². The Morgan fingerprint density at radius 3 is 2.83 bits per heavy atom. The van der Waals surface area contributed by atoms with Gasteiger partial charge < -0.3 is 5.32 Å². The molecule has 0 fully saturated rings. The molecule has 3 nitrogen and oxygen atoms in total. The zero-order chi connectivity index (χ0) is 8.97. The molecule has 1 aromatic rings. The first-order chi connectivity index (χ1) is 5.74. The van der Waals surface area contributed by atoms with Gasteiger partial charge in [-0.15, -0.1) is 0 Å². The van der Waals surface area contributed by atoms with E-state index in [4.69, 9.17) is 23.2 Å². The first-order valence-electron chi connectivity index (χ1n) is 3.22. The number of hydrogen-bond acceptors (Lipinski definition) is 2. The largest absolute Gasteiger partial charge is 0.354 e. The fraction of sp³-hybridized carbons (Fsp3) is 0.143. The van der Waals surface area contributed by atoms with E-state index < -0.39 is 0 Å². The van der Waals surface area contributed by atoms with Crippen molar-refractivity contribution in [3.8, 4) is 0 Å². The van der Waals surface area contributed by atoms with E-state index >= 15 is 0 Å². The van der Waals surface area contributed by atoms with E-state index in [9.17, 15) is 4.79 Å². The van der Waals surface area contributed by atoms with Crippen LogP contribution in [-0.2, 0) is 11.3 Å². The van der Waals surface area contributed by atoms with Gasteiger partial charge in [-0.2, -0.15) is 0 Å². The summed E-state index contributed by atoms with van der Waals surface area (Å²) in [6, 6.07) is 3.34. The molecule has 0 spiro atoms. The van der Waals surface area contributed by atoms with Crippen LogP contribution in [0.4, 0.5) is 0 Å². The summed E-state index contributed by atoms with van der Waals surface area (Å²) >= 11 is 11.3. The Balaban J connectivity index is 2.78. The summed E-state index contributed by atoms with van der Waals surface area (Å²) in [6.07, 6.45) is 0.602. The van der Waals surface area contributed by atoms with Crippen molar-refractivity contribution in [2.24, 2.45) is 0 Å². The zero-order valence-electron chi connectivity index (χ0n) is 6.05. The second-order valence-corrected chi connectivity index (χ2v) is 2.83. The van der Waals surface area contributed by atoms with Crippen molar-refractivity contribution in [1.82, 2.24) is 10.3 Å². The minimum absolute atomic E-state index is 0.317. The Morgan fingerprint density at radius 2 is 2.25 bits per heavy atom. The van der Waals surface area contributed by atoms with Gasteiger partial charge >= 0.3 is 0 Å². The molecule has 64 valence electrons. The highest BCUT2D eigenvalue weighted by atomic mass is 35.5. The van der Waals surface area contributed by atoms with Crippen LogP contribution in [0.1, 0.15) is 5.56 Å². The first-order valence-corrected chi connectivity index (χ1v) is 3.97. The SMILES string of the molecule is O=CNCc1ccc(Cl)nc1Cl. The van der Waals surface area contributed by atoms with Crippen molar-refractivity contribution in [2.45, 2.75) is 6.54 Å². The van der Waals surface area contributed by atoms with E-state index in [1.165, 1.54) is 0 Å². The Hall–Kier alpha value is -0.800. The Labute approximate surface area is 79.7 Å². The molecule has 0 bridgehead atoms. The van der Waals surface area contributed by atoms with Gasteiger partial charge in [0.05, 0.1) is 0 Å². The predicted molar refractivity (Wildman–Crippen MR) is 47.2 cm³/mol. The zero-order valence-corrected chi connectivity index (χ0v) is 7.56. The van der Waals surface area contributed by atoms with Gasteiger partial charge in [0.25, 0.3) is 0 Å². The lowest BCUT2D eigenvalue weighted by atomic mass is 10.3. The summed E-state index contributed by atoms with van der Waals surface area (Å²) in [5, 5.41) is 3.14. The third kappa shape index (κ3) is 2.36. The number of pyridine rings is 1. The highest BCUT2D eigenvalue weighted by molar-refractivity contribution is 6.32. The van der Waals surface area contributed by atoms with Crippen molar-refractivity contribution in [3.63, 3.8) is 0 Å². The van der Waals surface area contributed by atoms with Gasteiger partial charge in [0.1, 0.15) is 10.3 Å². The molecule has 0 aliphatic rings. The summed E-state index contributed by atoms with van der Waals surface area (Å²) in [5.74, 6) is 0. The van der Waals surface area contributed by atoms with Crippen molar-refractivity contribution in [1.29, 1.82) is 0 Å². The third-order valence-corrected chi connectivity index (χ3v) is 1.81. The third-order valence-electron chi connectivity index (χ3n) is 1.27. The van der Waals surface area contributed by atoms with Crippen LogP contribution in [0, 0.1) is 0 Å². The molecule has 0 aromatic carbocycles. The monoisotopic (exact) mass is 204 g/mol. The lowest BCUT2D eigenvalue weighted by molar-refractivity contribution is -0.109. The van der Waals surface area contributed by atoms with E-state index in [1.54, 1.807) is 12.1 Å². The number of amides is 1. The number of carbonyl (C=O) groups is 1. The average molecular weight is 205 g/mol. The Morgan fingerprint density at radius 1 is 1.50 bits per heavy atom. The molecule has 0 aliphatic carbocycles. The van der Waals surface area contributed by atoms with Gasteiger partial charge in [-0.05, 0) is 6.07 Å². The highest BCUT2D eigenvalue weighted by Gasteiger charge is 2.00. The van der Waals surface area contributed by atoms with Crippen molar-refractivity contribution < 1.29 is 4.79 Å². The number of hydrogen-bond donors (Lipinski definition) is 1. The van der Waals surface area contributed by atoms with Crippen LogP contribution in [0.25, 0.3) is 0 Å². The second-order valence-electron chi connectivity index (χ2n) is 2.08. The standard InChI is InChI=1S/C7H6Cl2N2O/c8-6-2-1-5(3-10-4-12)7(9)11-6/h1-2,4H,3H2,(H,10,12). The first kappa shape index (κ1) is 9.29. The van der Waals surface area contributed by atoms with Crippen LogP contribution < -0.4 is 5.32 Å². The fourth-order valence-electron chi connectivity index (χ4n) is 0.724. The average Bonchev–Trinajstić information content (AvgIpc) is 2.03. The second kappa shape index (κ2) is 4.28. The van der Waals surface area contributed by atoms with Crippen molar-refractivity contribution >= 4 is 29.6 Å². The molecule has 1 heterocycles. The van der Waals surface area contributed by atoms with Crippen LogP contribution in [0.15, 0.2) is 12.1 Å². The maximum atomic E-state index is 9.96. The lowest BCUT2D eigenvalue weighted by Crippen LogP contribution is -2.10. The van der Waals surface area contributed by atoms with Crippen LogP contribution >= 0.6 is 23.2 Å².